The number of carboxylic acids is 1. The Morgan fingerprint density at radius 2 is 1.64 bits per heavy atom. The highest BCUT2D eigenvalue weighted by Gasteiger charge is 2.20. The van der Waals surface area contributed by atoms with E-state index in [1.165, 1.54) is 11.3 Å². The number of carbonyl (C=O) groups is 2. The molecule has 3 rings (SSSR count). The Morgan fingerprint density at radius 1 is 1.06 bits per heavy atom. The van der Waals surface area contributed by atoms with Crippen molar-refractivity contribution >= 4 is 34.9 Å². The average Bonchev–Trinajstić information content (AvgIpc) is 3.19. The third-order valence-electron chi connectivity index (χ3n) is 4.77. The molecule has 1 N–H and O–H groups in total. The van der Waals surface area contributed by atoms with E-state index in [4.69, 9.17) is 31.2 Å². The molecule has 8 heteroatoms. The van der Waals surface area contributed by atoms with E-state index in [9.17, 15) is 4.79 Å². The minimum atomic E-state index is -0.833. The lowest BCUT2D eigenvalue weighted by Crippen LogP contribution is -2.36. The van der Waals surface area contributed by atoms with Crippen LogP contribution in [0.3, 0.4) is 0 Å². The van der Waals surface area contributed by atoms with Crippen molar-refractivity contribution in [3.8, 4) is 21.8 Å². The third kappa shape index (κ3) is 8.28. The van der Waals surface area contributed by atoms with Crippen LogP contribution in [0.5, 0.6) is 0 Å². The van der Waals surface area contributed by atoms with Gasteiger partial charge in [-0.3, -0.25) is 14.5 Å². The van der Waals surface area contributed by atoms with E-state index in [-0.39, 0.29) is 18.6 Å². The Morgan fingerprint density at radius 3 is 2.18 bits per heavy atom. The molecule has 0 aliphatic carbocycles. The van der Waals surface area contributed by atoms with E-state index in [1.807, 2.05) is 61.5 Å². The van der Waals surface area contributed by atoms with Gasteiger partial charge in [-0.1, -0.05) is 67.9 Å². The summed E-state index contributed by atoms with van der Waals surface area (Å²) >= 11 is 7.57. The van der Waals surface area contributed by atoms with E-state index in [0.717, 1.165) is 46.7 Å². The Kier molecular flexibility index (Phi) is 10.5. The van der Waals surface area contributed by atoms with Crippen LogP contribution in [0.1, 0.15) is 32.6 Å². The van der Waals surface area contributed by atoms with Crippen LogP contribution in [0, 0.1) is 0 Å². The van der Waals surface area contributed by atoms with Gasteiger partial charge < -0.3 is 9.84 Å². The van der Waals surface area contributed by atoms with Gasteiger partial charge in [-0.2, -0.15) is 0 Å². The molecule has 0 fully saturated rings. The van der Waals surface area contributed by atoms with E-state index in [2.05, 4.69) is 18.7 Å². The molecule has 1 aromatic heterocycles. The highest BCUT2D eigenvalue weighted by Crippen LogP contribution is 2.34. The number of benzene rings is 2. The smallest absolute Gasteiger partial charge is 0.312 e. The second kappa shape index (κ2) is 13.1. The van der Waals surface area contributed by atoms with Gasteiger partial charge in [0.05, 0.1) is 12.1 Å². The molecular formula is C25H29ClN2O4S. The first-order valence-corrected chi connectivity index (χ1v) is 11.9. The summed E-state index contributed by atoms with van der Waals surface area (Å²) in [5.74, 6) is -1.08. The molecule has 0 saturated carbocycles. The topological polar surface area (TPSA) is 79.7 Å². The number of hydrogen-bond donors (Lipinski definition) is 1. The summed E-state index contributed by atoms with van der Waals surface area (Å²) in [5, 5.41) is 8.97. The minimum absolute atomic E-state index is 0.189. The summed E-state index contributed by atoms with van der Waals surface area (Å²) < 4.78 is 5.67. The van der Waals surface area contributed by atoms with Gasteiger partial charge in [-0.05, 0) is 32.1 Å². The number of aliphatic carboxylic acids is 1. The molecule has 0 aliphatic heterocycles. The highest BCUT2D eigenvalue weighted by molar-refractivity contribution is 7.15. The Hall–Kier alpha value is -2.74. The minimum Gasteiger partial charge on any atom is -0.481 e. The number of rotatable bonds is 8. The van der Waals surface area contributed by atoms with Gasteiger partial charge in [0, 0.05) is 28.0 Å². The Balaban J connectivity index is 0.000000890. The SMILES string of the molecule is CC(=O)O.CCN(CC)C(C)OC(=O)Cc1sc(-c2ccccc2)nc1-c1ccc(Cl)cc1. The van der Waals surface area contributed by atoms with Crippen molar-refractivity contribution in [1.29, 1.82) is 0 Å². The van der Waals surface area contributed by atoms with Crippen molar-refractivity contribution in [2.45, 2.75) is 40.3 Å². The number of carboxylic acid groups (broad SMARTS) is 1. The maximum Gasteiger partial charge on any atom is 0.312 e. The molecule has 33 heavy (non-hydrogen) atoms. The fraction of sp³-hybridized carbons (Fsp3) is 0.320. The average molecular weight is 489 g/mol. The van der Waals surface area contributed by atoms with Crippen LogP contribution in [-0.4, -0.2) is 46.2 Å². The number of hydrogen-bond acceptors (Lipinski definition) is 6. The fourth-order valence-corrected chi connectivity index (χ4v) is 4.38. The largest absolute Gasteiger partial charge is 0.481 e. The van der Waals surface area contributed by atoms with Crippen molar-refractivity contribution in [3.05, 3.63) is 64.5 Å². The molecular weight excluding hydrogens is 460 g/mol. The van der Waals surface area contributed by atoms with Crippen molar-refractivity contribution in [2.24, 2.45) is 0 Å². The predicted octanol–water partition coefficient (Wildman–Crippen LogP) is 5.99. The molecule has 1 atom stereocenters. The van der Waals surface area contributed by atoms with Crippen LogP contribution in [-0.2, 0) is 20.7 Å². The summed E-state index contributed by atoms with van der Waals surface area (Å²) in [6.45, 7) is 8.77. The van der Waals surface area contributed by atoms with Gasteiger partial charge in [0.2, 0.25) is 0 Å². The quantitative estimate of drug-likeness (QED) is 0.309. The van der Waals surface area contributed by atoms with E-state index >= 15 is 0 Å². The second-order valence-corrected chi connectivity index (χ2v) is 8.69. The molecule has 0 amide bonds. The molecule has 0 spiro atoms. The van der Waals surface area contributed by atoms with Crippen molar-refractivity contribution in [1.82, 2.24) is 9.88 Å². The summed E-state index contributed by atoms with van der Waals surface area (Å²) in [7, 11) is 0. The lowest BCUT2D eigenvalue weighted by Gasteiger charge is -2.25. The zero-order chi connectivity index (χ0) is 24.4. The van der Waals surface area contributed by atoms with E-state index in [0.29, 0.717) is 5.02 Å². The molecule has 0 saturated heterocycles. The molecule has 1 unspecified atom stereocenters. The zero-order valence-corrected chi connectivity index (χ0v) is 20.8. The molecule has 176 valence electrons. The van der Waals surface area contributed by atoms with Crippen LogP contribution >= 0.6 is 22.9 Å². The fourth-order valence-electron chi connectivity index (χ4n) is 3.18. The van der Waals surface area contributed by atoms with Crippen molar-refractivity contribution in [2.75, 3.05) is 13.1 Å². The van der Waals surface area contributed by atoms with Gasteiger partial charge in [0.1, 0.15) is 5.01 Å². The number of esters is 1. The van der Waals surface area contributed by atoms with Crippen LogP contribution in [0.2, 0.25) is 5.02 Å². The molecule has 0 radical (unpaired) electrons. The van der Waals surface area contributed by atoms with Gasteiger partial charge in [0.15, 0.2) is 6.23 Å². The standard InChI is InChI=1S/C23H25ClN2O2S.C2H4O2/c1-4-26(5-2)16(3)28-21(27)15-20-22(17-11-13-19(24)14-12-17)25-23(29-20)18-9-7-6-8-10-18;1-2(3)4/h6-14,16H,4-5,15H2,1-3H3;1H3,(H,3,4). The Bertz CT molecular complexity index is 1030. The van der Waals surface area contributed by atoms with E-state index < -0.39 is 5.97 Å². The number of nitrogens with zero attached hydrogens (tertiary/aromatic N) is 2. The molecule has 0 aliphatic rings. The second-order valence-electron chi connectivity index (χ2n) is 7.17. The molecule has 2 aromatic carbocycles. The van der Waals surface area contributed by atoms with Crippen molar-refractivity contribution < 1.29 is 19.4 Å². The van der Waals surface area contributed by atoms with Crippen molar-refractivity contribution in [3.63, 3.8) is 0 Å². The summed E-state index contributed by atoms with van der Waals surface area (Å²) in [6, 6.07) is 17.5. The number of thiazole rings is 1. The Labute approximate surface area is 203 Å². The summed E-state index contributed by atoms with van der Waals surface area (Å²) in [6.07, 6.45) is -0.0633. The van der Waals surface area contributed by atoms with Crippen LogP contribution in [0.4, 0.5) is 0 Å². The van der Waals surface area contributed by atoms with Crippen LogP contribution < -0.4 is 0 Å². The molecule has 3 aromatic rings. The van der Waals surface area contributed by atoms with Crippen LogP contribution in [0.25, 0.3) is 21.8 Å². The number of carbonyl (C=O) groups excluding carboxylic acids is 1. The first kappa shape index (κ1) is 26.5. The number of halogens is 1. The molecule has 6 nitrogen and oxygen atoms in total. The van der Waals surface area contributed by atoms with Gasteiger partial charge >= 0.3 is 5.97 Å². The maximum absolute atomic E-state index is 12.7. The summed E-state index contributed by atoms with van der Waals surface area (Å²) in [4.78, 5) is 29.5. The van der Waals surface area contributed by atoms with E-state index in [1.54, 1.807) is 0 Å². The maximum atomic E-state index is 12.7. The summed E-state index contributed by atoms with van der Waals surface area (Å²) in [5.41, 5.74) is 2.77. The first-order chi connectivity index (χ1) is 15.7. The first-order valence-electron chi connectivity index (χ1n) is 10.7. The molecule has 0 bridgehead atoms. The predicted molar refractivity (Wildman–Crippen MR) is 133 cm³/mol. The molecule has 1 heterocycles. The number of aromatic nitrogens is 1. The van der Waals surface area contributed by atoms with Gasteiger partial charge in [-0.25, -0.2) is 4.98 Å². The van der Waals surface area contributed by atoms with Gasteiger partial charge in [-0.15, -0.1) is 11.3 Å². The highest BCUT2D eigenvalue weighted by atomic mass is 35.5. The third-order valence-corrected chi connectivity index (χ3v) is 6.13. The monoisotopic (exact) mass is 488 g/mol. The normalized spacial score (nSPS) is 11.5. The van der Waals surface area contributed by atoms with Crippen LogP contribution in [0.15, 0.2) is 54.6 Å². The lowest BCUT2D eigenvalue weighted by atomic mass is 10.1. The lowest BCUT2D eigenvalue weighted by molar-refractivity contribution is -0.156. The van der Waals surface area contributed by atoms with Gasteiger partial charge in [0.25, 0.3) is 5.97 Å². The zero-order valence-electron chi connectivity index (χ0n) is 19.2. The number of ether oxygens (including phenoxy) is 1.